The molecule has 18 heavy (non-hydrogen) atoms. The molecule has 0 bridgehead atoms. The highest BCUT2D eigenvalue weighted by Gasteiger charge is 2.16. The Bertz CT molecular complexity index is 383. The molecule has 1 atom stereocenters. The van der Waals surface area contributed by atoms with E-state index in [0.717, 1.165) is 31.7 Å². The molecule has 1 fully saturated rings. The summed E-state index contributed by atoms with van der Waals surface area (Å²) in [6.45, 7) is 5.94. The molecule has 1 aliphatic rings. The van der Waals surface area contributed by atoms with Crippen molar-refractivity contribution in [2.45, 2.75) is 26.0 Å². The molecule has 2 rings (SSSR count). The van der Waals surface area contributed by atoms with Crippen molar-refractivity contribution >= 4 is 5.91 Å². The fourth-order valence-electron chi connectivity index (χ4n) is 2.10. The number of amides is 1. The molecule has 0 saturated carbocycles. The highest BCUT2D eigenvalue weighted by atomic mass is 16.5. The molecule has 1 unspecified atom stereocenters. The Hall–Kier alpha value is -1.33. The van der Waals surface area contributed by atoms with Crippen LogP contribution >= 0.6 is 0 Å². The predicted octanol–water partition coefficient (Wildman–Crippen LogP) is 0.616. The number of nitrogens with zero attached hydrogens (tertiary/aromatic N) is 1. The molecule has 2 N–H and O–H groups in total. The SMILES string of the molecule is CCCn1cccc1C(=O)NCC1CNCCO1. The minimum atomic E-state index is -0.0253. The van der Waals surface area contributed by atoms with Crippen molar-refractivity contribution in [1.82, 2.24) is 15.2 Å². The average Bonchev–Trinajstić information content (AvgIpc) is 2.86. The third kappa shape index (κ3) is 3.34. The molecule has 0 spiro atoms. The minimum Gasteiger partial charge on any atom is -0.374 e. The van der Waals surface area contributed by atoms with Gasteiger partial charge in [-0.2, -0.15) is 0 Å². The van der Waals surface area contributed by atoms with E-state index in [9.17, 15) is 4.79 Å². The van der Waals surface area contributed by atoms with E-state index in [-0.39, 0.29) is 12.0 Å². The van der Waals surface area contributed by atoms with Crippen molar-refractivity contribution in [1.29, 1.82) is 0 Å². The summed E-state index contributed by atoms with van der Waals surface area (Å²) in [4.78, 5) is 12.0. The van der Waals surface area contributed by atoms with Gasteiger partial charge in [-0.25, -0.2) is 0 Å². The zero-order valence-electron chi connectivity index (χ0n) is 10.8. The van der Waals surface area contributed by atoms with E-state index in [1.807, 2.05) is 22.9 Å². The van der Waals surface area contributed by atoms with Crippen LogP contribution in [-0.2, 0) is 11.3 Å². The molecule has 0 aliphatic carbocycles. The minimum absolute atomic E-state index is 0.0253. The Balaban J connectivity index is 1.84. The van der Waals surface area contributed by atoms with E-state index in [1.165, 1.54) is 0 Å². The van der Waals surface area contributed by atoms with Gasteiger partial charge in [-0.3, -0.25) is 4.79 Å². The first-order valence-corrected chi connectivity index (χ1v) is 6.57. The van der Waals surface area contributed by atoms with Crippen molar-refractivity contribution in [2.75, 3.05) is 26.2 Å². The molecule has 5 heteroatoms. The second-order valence-corrected chi connectivity index (χ2v) is 4.49. The highest BCUT2D eigenvalue weighted by Crippen LogP contribution is 2.04. The smallest absolute Gasteiger partial charge is 0.267 e. The Morgan fingerprint density at radius 3 is 3.28 bits per heavy atom. The first-order valence-electron chi connectivity index (χ1n) is 6.57. The van der Waals surface area contributed by atoms with Crippen LogP contribution in [0.4, 0.5) is 0 Å². The summed E-state index contributed by atoms with van der Waals surface area (Å²) in [5.74, 6) is -0.0253. The Labute approximate surface area is 108 Å². The van der Waals surface area contributed by atoms with E-state index in [2.05, 4.69) is 17.6 Å². The zero-order valence-corrected chi connectivity index (χ0v) is 10.8. The van der Waals surface area contributed by atoms with E-state index < -0.39 is 0 Å². The number of carbonyl (C=O) groups excluding carboxylic acids is 1. The number of aryl methyl sites for hydroxylation is 1. The molecule has 1 amide bonds. The Morgan fingerprint density at radius 2 is 2.56 bits per heavy atom. The number of ether oxygens (including phenoxy) is 1. The van der Waals surface area contributed by atoms with Crippen LogP contribution in [0.5, 0.6) is 0 Å². The molecule has 100 valence electrons. The molecule has 1 aromatic rings. The van der Waals surface area contributed by atoms with Crippen LogP contribution in [-0.4, -0.2) is 42.8 Å². The van der Waals surface area contributed by atoms with Crippen molar-refractivity contribution in [2.24, 2.45) is 0 Å². The summed E-state index contributed by atoms with van der Waals surface area (Å²) >= 11 is 0. The van der Waals surface area contributed by atoms with Gasteiger partial charge in [0, 0.05) is 32.4 Å². The van der Waals surface area contributed by atoms with Gasteiger partial charge in [-0.15, -0.1) is 0 Å². The monoisotopic (exact) mass is 251 g/mol. The number of aromatic nitrogens is 1. The molecule has 1 aliphatic heterocycles. The van der Waals surface area contributed by atoms with Crippen LogP contribution < -0.4 is 10.6 Å². The fourth-order valence-corrected chi connectivity index (χ4v) is 2.10. The van der Waals surface area contributed by atoms with E-state index in [1.54, 1.807) is 0 Å². The average molecular weight is 251 g/mol. The maximum Gasteiger partial charge on any atom is 0.267 e. The van der Waals surface area contributed by atoms with Crippen LogP contribution in [0.2, 0.25) is 0 Å². The summed E-state index contributed by atoms with van der Waals surface area (Å²) in [5, 5.41) is 6.17. The molecular formula is C13H21N3O2. The lowest BCUT2D eigenvalue weighted by atomic mass is 10.3. The lowest BCUT2D eigenvalue weighted by Crippen LogP contribution is -2.45. The number of morpholine rings is 1. The van der Waals surface area contributed by atoms with Gasteiger partial charge in [-0.05, 0) is 18.6 Å². The van der Waals surface area contributed by atoms with E-state index in [0.29, 0.717) is 13.2 Å². The normalized spacial score (nSPS) is 19.7. The maximum absolute atomic E-state index is 12.0. The highest BCUT2D eigenvalue weighted by molar-refractivity contribution is 5.92. The van der Waals surface area contributed by atoms with Gasteiger partial charge in [-0.1, -0.05) is 6.92 Å². The molecule has 0 radical (unpaired) electrons. The fraction of sp³-hybridized carbons (Fsp3) is 0.615. The number of carbonyl (C=O) groups is 1. The standard InChI is InChI=1S/C13H21N3O2/c1-2-6-16-7-3-4-12(16)13(17)15-10-11-9-14-5-8-18-11/h3-4,7,11,14H,2,5-6,8-10H2,1H3,(H,15,17). The van der Waals surface area contributed by atoms with Gasteiger partial charge >= 0.3 is 0 Å². The maximum atomic E-state index is 12.0. The number of hydrogen-bond acceptors (Lipinski definition) is 3. The Kier molecular flexibility index (Phi) is 4.78. The molecule has 1 aromatic heterocycles. The van der Waals surface area contributed by atoms with Crippen LogP contribution in [0, 0.1) is 0 Å². The summed E-state index contributed by atoms with van der Waals surface area (Å²) in [6, 6.07) is 3.76. The van der Waals surface area contributed by atoms with Gasteiger partial charge in [0.15, 0.2) is 0 Å². The van der Waals surface area contributed by atoms with Crippen LogP contribution in [0.25, 0.3) is 0 Å². The third-order valence-corrected chi connectivity index (χ3v) is 3.02. The number of rotatable bonds is 5. The number of nitrogens with one attached hydrogen (secondary N) is 2. The molecular weight excluding hydrogens is 230 g/mol. The van der Waals surface area contributed by atoms with Crippen molar-refractivity contribution in [3.8, 4) is 0 Å². The van der Waals surface area contributed by atoms with Crippen molar-refractivity contribution < 1.29 is 9.53 Å². The largest absolute Gasteiger partial charge is 0.374 e. The van der Waals surface area contributed by atoms with Crippen LogP contribution in [0.3, 0.4) is 0 Å². The van der Waals surface area contributed by atoms with Crippen molar-refractivity contribution in [3.05, 3.63) is 24.0 Å². The van der Waals surface area contributed by atoms with Gasteiger partial charge in [0.25, 0.3) is 5.91 Å². The van der Waals surface area contributed by atoms with E-state index >= 15 is 0 Å². The lowest BCUT2D eigenvalue weighted by Gasteiger charge is -2.23. The molecule has 1 saturated heterocycles. The zero-order chi connectivity index (χ0) is 12.8. The molecule has 0 aromatic carbocycles. The van der Waals surface area contributed by atoms with Crippen LogP contribution in [0.15, 0.2) is 18.3 Å². The summed E-state index contributed by atoms with van der Waals surface area (Å²) < 4.78 is 7.52. The van der Waals surface area contributed by atoms with Crippen molar-refractivity contribution in [3.63, 3.8) is 0 Å². The Morgan fingerprint density at radius 1 is 1.67 bits per heavy atom. The second kappa shape index (κ2) is 6.56. The first-order chi connectivity index (χ1) is 8.81. The third-order valence-electron chi connectivity index (χ3n) is 3.02. The molecule has 5 nitrogen and oxygen atoms in total. The summed E-state index contributed by atoms with van der Waals surface area (Å²) in [5.41, 5.74) is 0.723. The van der Waals surface area contributed by atoms with Gasteiger partial charge < -0.3 is 19.9 Å². The summed E-state index contributed by atoms with van der Waals surface area (Å²) in [6.07, 6.45) is 3.04. The summed E-state index contributed by atoms with van der Waals surface area (Å²) in [7, 11) is 0. The first kappa shape index (κ1) is 13.1. The quantitative estimate of drug-likeness (QED) is 0.806. The van der Waals surface area contributed by atoms with E-state index in [4.69, 9.17) is 4.74 Å². The second-order valence-electron chi connectivity index (χ2n) is 4.49. The van der Waals surface area contributed by atoms with Gasteiger partial charge in [0.1, 0.15) is 5.69 Å². The molecule has 2 heterocycles. The van der Waals surface area contributed by atoms with Crippen LogP contribution in [0.1, 0.15) is 23.8 Å². The van der Waals surface area contributed by atoms with Gasteiger partial charge in [0.05, 0.1) is 12.7 Å². The predicted molar refractivity (Wildman–Crippen MR) is 69.7 cm³/mol. The van der Waals surface area contributed by atoms with Gasteiger partial charge in [0.2, 0.25) is 0 Å². The lowest BCUT2D eigenvalue weighted by molar-refractivity contribution is 0.0286. The topological polar surface area (TPSA) is 55.3 Å². The number of hydrogen-bond donors (Lipinski definition) is 2.